The number of fused-ring (bicyclic) bond motifs is 1. The summed E-state index contributed by atoms with van der Waals surface area (Å²) >= 11 is 7.78. The highest BCUT2D eigenvalue weighted by molar-refractivity contribution is 8.59. The molecular weight excluding hydrogens is 744 g/mol. The summed E-state index contributed by atoms with van der Waals surface area (Å²) in [4.78, 5) is 25.3. The summed E-state index contributed by atoms with van der Waals surface area (Å²) in [6.07, 6.45) is -7.88. The van der Waals surface area contributed by atoms with E-state index < -0.39 is 42.1 Å². The molecule has 0 spiro atoms. The third-order valence-electron chi connectivity index (χ3n) is 7.52. The summed E-state index contributed by atoms with van der Waals surface area (Å²) in [6.45, 7) is 8.10. The molecular formula is C33H36BF7N2O5S3. The zero-order valence-corrected chi connectivity index (χ0v) is 31.0. The third kappa shape index (κ3) is 11.8. The second-order valence-corrected chi connectivity index (χ2v) is 12.8. The van der Waals surface area contributed by atoms with Gasteiger partial charge in [-0.05, 0) is 69.6 Å². The molecule has 3 aromatic carbocycles. The predicted octanol–water partition coefficient (Wildman–Crippen LogP) is 9.49. The van der Waals surface area contributed by atoms with Crippen molar-refractivity contribution in [2.45, 2.75) is 58.2 Å². The first-order valence-electron chi connectivity index (χ1n) is 14.7. The van der Waals surface area contributed by atoms with Gasteiger partial charge in [-0.25, -0.2) is 4.39 Å². The van der Waals surface area contributed by atoms with Gasteiger partial charge in [0.1, 0.15) is 11.6 Å². The summed E-state index contributed by atoms with van der Waals surface area (Å²) in [5.41, 5.74) is -0.447. The average molecular weight is 781 g/mol. The number of anilines is 2. The highest BCUT2D eigenvalue weighted by Crippen LogP contribution is 2.38. The van der Waals surface area contributed by atoms with Gasteiger partial charge in [-0.2, -0.15) is 26.3 Å². The molecule has 0 aliphatic carbocycles. The van der Waals surface area contributed by atoms with Crippen molar-refractivity contribution in [3.8, 4) is 5.75 Å². The largest absolute Gasteiger partial charge is 0.496 e. The molecule has 0 radical (unpaired) electrons. The molecule has 1 fully saturated rings. The van der Waals surface area contributed by atoms with Crippen molar-refractivity contribution in [3.63, 3.8) is 0 Å². The summed E-state index contributed by atoms with van der Waals surface area (Å²) < 4.78 is 98.6. The summed E-state index contributed by atoms with van der Waals surface area (Å²) in [6, 6.07) is 15.6. The number of hydrogen-bond donors (Lipinski definition) is 4. The van der Waals surface area contributed by atoms with Gasteiger partial charge in [-0.15, -0.1) is 34.7 Å². The van der Waals surface area contributed by atoms with Gasteiger partial charge in [0.05, 0.1) is 40.0 Å². The van der Waals surface area contributed by atoms with Crippen LogP contribution in [-0.2, 0) is 15.5 Å². The molecule has 1 aliphatic heterocycles. The van der Waals surface area contributed by atoms with Crippen LogP contribution in [0.25, 0.3) is 10.1 Å². The minimum absolute atomic E-state index is 0.188. The Morgan fingerprint density at radius 3 is 2.02 bits per heavy atom. The number of alkyl halides is 6. The van der Waals surface area contributed by atoms with E-state index in [-0.39, 0.29) is 18.5 Å². The zero-order valence-electron chi connectivity index (χ0n) is 28.4. The van der Waals surface area contributed by atoms with E-state index in [1.54, 1.807) is 12.1 Å². The van der Waals surface area contributed by atoms with Gasteiger partial charge in [0.25, 0.3) is 5.91 Å². The van der Waals surface area contributed by atoms with Crippen LogP contribution in [0.4, 0.5) is 42.1 Å². The lowest BCUT2D eigenvalue weighted by atomic mass is 9.78. The topological polar surface area (TPSA) is 85.9 Å². The van der Waals surface area contributed by atoms with Crippen LogP contribution in [0.1, 0.15) is 60.2 Å². The number of benzene rings is 3. The second kappa shape index (κ2) is 17.9. The van der Waals surface area contributed by atoms with Crippen LogP contribution in [-0.4, -0.2) is 50.8 Å². The minimum Gasteiger partial charge on any atom is -0.496 e. The van der Waals surface area contributed by atoms with Gasteiger partial charge in [0, 0.05) is 29.7 Å². The molecule has 1 aromatic heterocycles. The van der Waals surface area contributed by atoms with Gasteiger partial charge >= 0.3 is 19.5 Å². The third-order valence-corrected chi connectivity index (χ3v) is 8.62. The van der Waals surface area contributed by atoms with Crippen molar-refractivity contribution in [2.24, 2.45) is 0 Å². The first-order chi connectivity index (χ1) is 23.6. The van der Waals surface area contributed by atoms with Gasteiger partial charge in [0.2, 0.25) is 0 Å². The number of nitrogens with one attached hydrogen (secondary N) is 2. The van der Waals surface area contributed by atoms with Gasteiger partial charge in [0.15, 0.2) is 6.29 Å². The minimum atomic E-state index is -4.64. The van der Waals surface area contributed by atoms with Crippen molar-refractivity contribution < 1.29 is 54.4 Å². The van der Waals surface area contributed by atoms with Crippen LogP contribution < -0.4 is 20.8 Å². The molecule has 1 aliphatic rings. The molecule has 5 rings (SSSR count). The number of hydrogen-bond acceptors (Lipinski definition) is 9. The molecule has 1 amide bonds. The number of thiol groups is 2. The Bertz CT molecular complexity index is 1780. The van der Waals surface area contributed by atoms with Gasteiger partial charge < -0.3 is 24.7 Å². The number of carbonyl (C=O) groups is 2. The summed E-state index contributed by atoms with van der Waals surface area (Å²) in [7, 11) is 2.38. The molecule has 2 N–H and O–H groups in total. The highest BCUT2D eigenvalue weighted by Gasteiger charge is 2.51. The highest BCUT2D eigenvalue weighted by atomic mass is 33.1. The van der Waals surface area contributed by atoms with Gasteiger partial charge in [-0.3, -0.25) is 9.59 Å². The molecule has 278 valence electrons. The lowest BCUT2D eigenvalue weighted by Crippen LogP contribution is -2.41. The Hall–Kier alpha value is -3.45. The Morgan fingerprint density at radius 2 is 1.51 bits per heavy atom. The van der Waals surface area contributed by atoms with Crippen molar-refractivity contribution >= 4 is 80.9 Å². The second-order valence-electron chi connectivity index (χ2n) is 11.7. The van der Waals surface area contributed by atoms with Crippen LogP contribution in [0.3, 0.4) is 0 Å². The van der Waals surface area contributed by atoms with E-state index >= 15 is 0 Å². The molecule has 51 heavy (non-hydrogen) atoms. The first-order valence-corrected chi connectivity index (χ1v) is 17.2. The van der Waals surface area contributed by atoms with E-state index in [0.717, 1.165) is 34.0 Å². The van der Waals surface area contributed by atoms with E-state index in [1.165, 1.54) is 31.6 Å². The smallest absolute Gasteiger partial charge is 0.494 e. The molecule has 18 heteroatoms. The number of amides is 1. The van der Waals surface area contributed by atoms with Crippen molar-refractivity contribution in [2.75, 3.05) is 24.8 Å². The number of halogens is 7. The molecule has 0 unspecified atom stereocenters. The van der Waals surface area contributed by atoms with Crippen LogP contribution in [0.2, 0.25) is 0 Å². The molecule has 7 nitrogen and oxygen atoms in total. The Morgan fingerprint density at radius 1 is 0.941 bits per heavy atom. The van der Waals surface area contributed by atoms with E-state index in [1.807, 2.05) is 58.0 Å². The number of thiophene rings is 1. The average Bonchev–Trinajstić information content (AvgIpc) is 3.52. The lowest BCUT2D eigenvalue weighted by Gasteiger charge is -2.32. The molecule has 1 saturated heterocycles. The number of carbonyl (C=O) groups excluding carboxylic acids is 2. The zero-order chi connectivity index (χ0) is 38.9. The number of aldehydes is 1. The SMILES string of the molecule is CC(F)(F)F.CNc1ccc(F)c(C(F)(F)F)c1.COc1ccc(B2OC(C)(C)C(C)(C)O2)cc1C(=O)Nc1c(C=O)sc2ccccc12.SS. The fourth-order valence-electron chi connectivity index (χ4n) is 4.38. The molecule has 2 heterocycles. The Labute approximate surface area is 305 Å². The van der Waals surface area contributed by atoms with Crippen LogP contribution in [0.5, 0.6) is 5.75 Å². The van der Waals surface area contributed by atoms with E-state index in [9.17, 15) is 40.3 Å². The van der Waals surface area contributed by atoms with Crippen LogP contribution >= 0.6 is 34.7 Å². The lowest BCUT2D eigenvalue weighted by molar-refractivity contribution is -0.140. The standard InChI is InChI=1S/C23H24BNO5S.C8H7F4N.C2H3F3.H2S2/c1-22(2)23(3,4)30-24(29-22)14-10-11-17(28-5)16(12-14)21(27)25-20-15-8-6-7-9-18(15)31-19(20)13-26;1-13-5-2-3-7(9)6(4-5)8(10,11)12;1-2(3,4)5;1-2/h6-13H,1-5H3,(H,25,27);2-4,13H,1H3;1H3;1-2H. The molecule has 0 atom stereocenters. The maximum atomic E-state index is 13.2. The van der Waals surface area contributed by atoms with Crippen molar-refractivity contribution in [1.29, 1.82) is 0 Å². The number of methoxy groups -OCH3 is 1. The predicted molar refractivity (Wildman–Crippen MR) is 195 cm³/mol. The Kier molecular flexibility index (Phi) is 15.3. The summed E-state index contributed by atoms with van der Waals surface area (Å²) in [5.74, 6) is -1.21. The first kappa shape index (κ1) is 43.7. The molecule has 0 saturated carbocycles. The quantitative estimate of drug-likeness (QED) is 0.0513. The number of rotatable bonds is 6. The van der Waals surface area contributed by atoms with Crippen molar-refractivity contribution in [3.05, 3.63) is 82.5 Å². The maximum absolute atomic E-state index is 13.2. The fraction of sp³-hybridized carbons (Fsp3) is 0.333. The Balaban J connectivity index is 0.000000373. The normalized spacial score (nSPS) is 14.5. The van der Waals surface area contributed by atoms with Crippen LogP contribution in [0.15, 0.2) is 60.7 Å². The van der Waals surface area contributed by atoms with Gasteiger partial charge in [-0.1, -0.05) is 24.3 Å². The van der Waals surface area contributed by atoms with E-state index in [4.69, 9.17) is 14.0 Å². The van der Waals surface area contributed by atoms with Crippen molar-refractivity contribution in [1.82, 2.24) is 0 Å². The summed E-state index contributed by atoms with van der Waals surface area (Å²) in [5, 5.41) is 6.23. The molecule has 0 bridgehead atoms. The maximum Gasteiger partial charge on any atom is 0.494 e. The molecule has 4 aromatic rings. The monoisotopic (exact) mass is 780 g/mol. The van der Waals surface area contributed by atoms with Crippen LogP contribution in [0, 0.1) is 5.82 Å². The van der Waals surface area contributed by atoms with E-state index in [0.29, 0.717) is 21.9 Å². The van der Waals surface area contributed by atoms with E-state index in [2.05, 4.69) is 34.0 Å². The number of ether oxygens (including phenoxy) is 1. The fourth-order valence-corrected chi connectivity index (χ4v) is 5.36.